The number of aliphatic hydroxyl groups excluding tert-OH is 1. The van der Waals surface area contributed by atoms with Gasteiger partial charge >= 0.3 is 0 Å². The number of hydrogen-bond donors (Lipinski definition) is 1. The molecule has 1 unspecified atom stereocenters. The van der Waals surface area contributed by atoms with Crippen molar-refractivity contribution in [2.45, 2.75) is 39.2 Å². The Hall–Kier alpha value is -1.34. The largest absolute Gasteiger partial charge is 0.393 e. The van der Waals surface area contributed by atoms with Gasteiger partial charge in [0.25, 0.3) is 0 Å². The molecule has 0 aromatic heterocycles. The average Bonchev–Trinajstić information content (AvgIpc) is 2.26. The third kappa shape index (κ3) is 2.67. The van der Waals surface area contributed by atoms with E-state index in [0.29, 0.717) is 5.92 Å². The van der Waals surface area contributed by atoms with Gasteiger partial charge in [-0.15, -0.1) is 0 Å². The van der Waals surface area contributed by atoms with Crippen molar-refractivity contribution in [1.29, 1.82) is 0 Å². The molecule has 0 spiro atoms. The van der Waals surface area contributed by atoms with Crippen LogP contribution in [0, 0.1) is 0 Å². The molecule has 0 saturated carbocycles. The fourth-order valence-corrected chi connectivity index (χ4v) is 2.33. The molecule has 1 N–H and O–H groups in total. The molecular formula is C16H20O. The normalized spacial score (nSPS) is 13.2. The van der Waals surface area contributed by atoms with Crippen molar-refractivity contribution in [2.75, 3.05) is 0 Å². The molecule has 2 aromatic rings. The minimum absolute atomic E-state index is 0.277. The van der Waals surface area contributed by atoms with Gasteiger partial charge in [0.2, 0.25) is 0 Å². The summed E-state index contributed by atoms with van der Waals surface area (Å²) >= 11 is 0. The summed E-state index contributed by atoms with van der Waals surface area (Å²) in [5, 5.41) is 12.0. The molecular weight excluding hydrogens is 208 g/mol. The van der Waals surface area contributed by atoms with E-state index in [4.69, 9.17) is 0 Å². The maximum Gasteiger partial charge on any atom is 0.0552 e. The van der Waals surface area contributed by atoms with Crippen molar-refractivity contribution in [3.05, 3.63) is 47.5 Å². The van der Waals surface area contributed by atoms with Crippen LogP contribution in [0.1, 0.15) is 37.8 Å². The van der Waals surface area contributed by atoms with E-state index in [2.05, 4.69) is 50.2 Å². The molecule has 17 heavy (non-hydrogen) atoms. The molecule has 0 radical (unpaired) electrons. The van der Waals surface area contributed by atoms with Gasteiger partial charge in [-0.3, -0.25) is 0 Å². The number of fused-ring (bicyclic) bond motifs is 1. The Bertz CT molecular complexity index is 512. The van der Waals surface area contributed by atoms with Crippen LogP contribution in [0.25, 0.3) is 10.8 Å². The zero-order chi connectivity index (χ0) is 12.4. The molecule has 0 fully saturated rings. The summed E-state index contributed by atoms with van der Waals surface area (Å²) in [5.74, 6) is 0.543. The molecule has 1 heteroatoms. The molecule has 1 atom stereocenters. The first-order valence-electron chi connectivity index (χ1n) is 6.27. The second-order valence-corrected chi connectivity index (χ2v) is 5.11. The van der Waals surface area contributed by atoms with Gasteiger partial charge in [-0.25, -0.2) is 0 Å². The highest BCUT2D eigenvalue weighted by Crippen LogP contribution is 2.26. The Kier molecular flexibility index (Phi) is 3.49. The van der Waals surface area contributed by atoms with Crippen molar-refractivity contribution in [3.63, 3.8) is 0 Å². The van der Waals surface area contributed by atoms with Crippen LogP contribution in [0.2, 0.25) is 0 Å². The van der Waals surface area contributed by atoms with Crippen LogP contribution in [-0.2, 0) is 6.42 Å². The number of rotatable bonds is 3. The van der Waals surface area contributed by atoms with E-state index in [9.17, 15) is 5.11 Å². The Balaban J connectivity index is 2.49. The van der Waals surface area contributed by atoms with E-state index < -0.39 is 0 Å². The first kappa shape index (κ1) is 12.1. The second-order valence-electron chi connectivity index (χ2n) is 5.11. The number of benzene rings is 2. The second kappa shape index (κ2) is 4.89. The van der Waals surface area contributed by atoms with E-state index in [1.54, 1.807) is 0 Å². The molecule has 2 rings (SSSR count). The Labute approximate surface area is 103 Å². The lowest BCUT2D eigenvalue weighted by Crippen LogP contribution is -2.03. The van der Waals surface area contributed by atoms with Crippen LogP contribution >= 0.6 is 0 Å². The molecule has 0 aliphatic carbocycles. The van der Waals surface area contributed by atoms with Gasteiger partial charge in [0.05, 0.1) is 6.10 Å². The smallest absolute Gasteiger partial charge is 0.0552 e. The lowest BCUT2D eigenvalue weighted by atomic mass is 9.94. The van der Waals surface area contributed by atoms with Crippen LogP contribution in [0.3, 0.4) is 0 Å². The lowest BCUT2D eigenvalue weighted by Gasteiger charge is -2.11. The van der Waals surface area contributed by atoms with Crippen LogP contribution in [-0.4, -0.2) is 11.2 Å². The van der Waals surface area contributed by atoms with Gasteiger partial charge in [0.15, 0.2) is 0 Å². The monoisotopic (exact) mass is 228 g/mol. The van der Waals surface area contributed by atoms with E-state index in [1.807, 2.05) is 6.92 Å². The zero-order valence-electron chi connectivity index (χ0n) is 10.8. The van der Waals surface area contributed by atoms with Crippen LogP contribution < -0.4 is 0 Å². The summed E-state index contributed by atoms with van der Waals surface area (Å²) in [4.78, 5) is 0. The van der Waals surface area contributed by atoms with Gasteiger partial charge in [-0.1, -0.05) is 50.2 Å². The fraction of sp³-hybridized carbons (Fsp3) is 0.375. The Morgan fingerprint density at radius 1 is 1.06 bits per heavy atom. The molecule has 0 saturated heterocycles. The standard InChI is InChI=1S/C16H20O/c1-11(2)15-6-4-5-14-10-13(9-12(3)17)7-8-16(14)15/h4-8,10-12,17H,9H2,1-3H3. The maximum atomic E-state index is 9.42. The van der Waals surface area contributed by atoms with Crippen molar-refractivity contribution in [3.8, 4) is 0 Å². The summed E-state index contributed by atoms with van der Waals surface area (Å²) < 4.78 is 0. The van der Waals surface area contributed by atoms with E-state index in [0.717, 1.165) is 6.42 Å². The van der Waals surface area contributed by atoms with Gasteiger partial charge in [-0.05, 0) is 41.2 Å². The summed E-state index contributed by atoms with van der Waals surface area (Å²) in [7, 11) is 0. The summed E-state index contributed by atoms with van der Waals surface area (Å²) in [5.41, 5.74) is 2.60. The fourth-order valence-electron chi connectivity index (χ4n) is 2.33. The zero-order valence-corrected chi connectivity index (χ0v) is 10.8. The SMILES string of the molecule is CC(O)Cc1ccc2c(C(C)C)cccc2c1. The molecule has 1 nitrogen and oxygen atoms in total. The first-order valence-corrected chi connectivity index (χ1v) is 6.27. The Morgan fingerprint density at radius 2 is 1.82 bits per heavy atom. The van der Waals surface area contributed by atoms with Crippen LogP contribution in [0.5, 0.6) is 0 Å². The summed E-state index contributed by atoms with van der Waals surface area (Å²) in [6, 6.07) is 13.0. The van der Waals surface area contributed by atoms with Gasteiger partial charge in [-0.2, -0.15) is 0 Å². The topological polar surface area (TPSA) is 20.2 Å². The predicted octanol–water partition coefficient (Wildman–Crippen LogP) is 3.89. The molecule has 0 amide bonds. The lowest BCUT2D eigenvalue weighted by molar-refractivity contribution is 0.195. The van der Waals surface area contributed by atoms with Crippen molar-refractivity contribution >= 4 is 10.8 Å². The predicted molar refractivity (Wildman–Crippen MR) is 73.4 cm³/mol. The average molecular weight is 228 g/mol. The molecule has 2 aromatic carbocycles. The van der Waals surface area contributed by atoms with Crippen molar-refractivity contribution in [1.82, 2.24) is 0 Å². The molecule has 0 heterocycles. The minimum Gasteiger partial charge on any atom is -0.393 e. The van der Waals surface area contributed by atoms with E-state index in [-0.39, 0.29) is 6.10 Å². The summed E-state index contributed by atoms with van der Waals surface area (Å²) in [6.07, 6.45) is 0.447. The number of aliphatic hydroxyl groups is 1. The van der Waals surface area contributed by atoms with Gasteiger partial charge in [0, 0.05) is 0 Å². The third-order valence-electron chi connectivity index (χ3n) is 3.13. The minimum atomic E-state index is -0.277. The Morgan fingerprint density at radius 3 is 2.47 bits per heavy atom. The molecule has 0 aliphatic heterocycles. The highest BCUT2D eigenvalue weighted by Gasteiger charge is 2.06. The molecule has 0 bridgehead atoms. The molecule has 90 valence electrons. The summed E-state index contributed by atoms with van der Waals surface area (Å²) in [6.45, 7) is 6.27. The van der Waals surface area contributed by atoms with Crippen LogP contribution in [0.4, 0.5) is 0 Å². The quantitative estimate of drug-likeness (QED) is 0.845. The van der Waals surface area contributed by atoms with Gasteiger partial charge < -0.3 is 5.11 Å². The first-order chi connectivity index (χ1) is 8.08. The maximum absolute atomic E-state index is 9.42. The van der Waals surface area contributed by atoms with E-state index >= 15 is 0 Å². The van der Waals surface area contributed by atoms with Crippen LogP contribution in [0.15, 0.2) is 36.4 Å². The van der Waals surface area contributed by atoms with Crippen molar-refractivity contribution < 1.29 is 5.11 Å². The van der Waals surface area contributed by atoms with Crippen molar-refractivity contribution in [2.24, 2.45) is 0 Å². The molecule has 0 aliphatic rings. The highest BCUT2D eigenvalue weighted by molar-refractivity contribution is 5.86. The highest BCUT2D eigenvalue weighted by atomic mass is 16.3. The third-order valence-corrected chi connectivity index (χ3v) is 3.13. The number of hydrogen-bond acceptors (Lipinski definition) is 1. The van der Waals surface area contributed by atoms with E-state index in [1.165, 1.54) is 21.9 Å². The van der Waals surface area contributed by atoms with Gasteiger partial charge in [0.1, 0.15) is 0 Å².